The number of hydrogen-bond donors (Lipinski definition) is 1. The van der Waals surface area contributed by atoms with Crippen LogP contribution < -0.4 is 5.73 Å². The minimum Gasteiger partial charge on any atom is -0.366 e. The molecule has 178 valence electrons. The van der Waals surface area contributed by atoms with Gasteiger partial charge in [-0.2, -0.15) is 36.7 Å². The van der Waals surface area contributed by atoms with Crippen LogP contribution in [-0.2, 0) is 25.3 Å². The van der Waals surface area contributed by atoms with E-state index < -0.39 is 29.5 Å². The number of carbonyl (C=O) groups excluding carboxylic acids is 1. The lowest BCUT2D eigenvalue weighted by atomic mass is 10.1. The van der Waals surface area contributed by atoms with E-state index in [1.807, 2.05) is 10.7 Å². The monoisotopic (exact) mass is 481 g/mol. The summed E-state index contributed by atoms with van der Waals surface area (Å²) in [4.78, 5) is 14.1. The van der Waals surface area contributed by atoms with E-state index in [4.69, 9.17) is 11.0 Å². The normalized spacial score (nSPS) is 13.3. The van der Waals surface area contributed by atoms with Gasteiger partial charge in [-0.15, -0.1) is 0 Å². The van der Waals surface area contributed by atoms with Crippen LogP contribution in [-0.4, -0.2) is 20.7 Å². The number of hydrogen-bond acceptors (Lipinski definition) is 4. The predicted octanol–water partition coefficient (Wildman–Crippen LogP) is 4.98. The topological polar surface area (TPSA) is 97.6 Å². The summed E-state index contributed by atoms with van der Waals surface area (Å²) in [6, 6.07) is 8.29. The number of benzene rings is 1. The molecule has 0 aliphatic carbocycles. The zero-order valence-electron chi connectivity index (χ0n) is 17.4. The molecular formula is C22H17F6N5O. The van der Waals surface area contributed by atoms with Crippen LogP contribution in [0.3, 0.4) is 0 Å². The van der Waals surface area contributed by atoms with Crippen molar-refractivity contribution < 1.29 is 31.1 Å². The first-order valence-electron chi connectivity index (χ1n) is 9.91. The van der Waals surface area contributed by atoms with Crippen LogP contribution in [0.5, 0.6) is 0 Å². The summed E-state index contributed by atoms with van der Waals surface area (Å²) in [5, 5.41) is 12.8. The van der Waals surface area contributed by atoms with Crippen LogP contribution in [0.4, 0.5) is 26.3 Å². The maximum atomic E-state index is 12.6. The average Bonchev–Trinajstić information content (AvgIpc) is 3.22. The molecule has 0 bridgehead atoms. The van der Waals surface area contributed by atoms with E-state index in [1.54, 1.807) is 6.07 Å². The molecule has 1 aliphatic rings. The van der Waals surface area contributed by atoms with Crippen molar-refractivity contribution in [2.24, 2.45) is 5.73 Å². The number of nitrogens with two attached hydrogens (primary N) is 1. The molecule has 6 nitrogen and oxygen atoms in total. The zero-order chi connectivity index (χ0) is 25.1. The van der Waals surface area contributed by atoms with Gasteiger partial charge in [0.25, 0.3) is 0 Å². The van der Waals surface area contributed by atoms with Gasteiger partial charge in [0.05, 0.1) is 22.9 Å². The minimum atomic E-state index is -4.60. The Balaban J connectivity index is 0.000000197. The second kappa shape index (κ2) is 9.54. The van der Waals surface area contributed by atoms with Gasteiger partial charge in [0.15, 0.2) is 0 Å². The van der Waals surface area contributed by atoms with Crippen LogP contribution in [0.25, 0.3) is 11.3 Å². The summed E-state index contributed by atoms with van der Waals surface area (Å²) in [5.74, 6) is -1.00. The van der Waals surface area contributed by atoms with E-state index in [9.17, 15) is 31.1 Å². The highest BCUT2D eigenvalue weighted by molar-refractivity contribution is 5.93. The number of nitrogens with zero attached hydrogens (tertiary/aromatic N) is 4. The van der Waals surface area contributed by atoms with Crippen molar-refractivity contribution in [3.63, 3.8) is 0 Å². The Bertz CT molecular complexity index is 1220. The van der Waals surface area contributed by atoms with E-state index in [1.165, 1.54) is 12.3 Å². The van der Waals surface area contributed by atoms with Crippen molar-refractivity contribution in [1.82, 2.24) is 14.8 Å². The van der Waals surface area contributed by atoms with E-state index in [2.05, 4.69) is 10.1 Å². The fraction of sp³-hybridized carbons (Fsp3) is 0.273. The lowest BCUT2D eigenvalue weighted by Crippen LogP contribution is -2.14. The Morgan fingerprint density at radius 2 is 1.76 bits per heavy atom. The van der Waals surface area contributed by atoms with Gasteiger partial charge in [0, 0.05) is 29.6 Å². The first kappa shape index (κ1) is 24.8. The van der Waals surface area contributed by atoms with E-state index in [-0.39, 0.29) is 11.1 Å². The maximum absolute atomic E-state index is 12.6. The number of alkyl halides is 6. The van der Waals surface area contributed by atoms with Crippen molar-refractivity contribution in [2.75, 3.05) is 0 Å². The molecule has 2 N–H and O–H groups in total. The van der Waals surface area contributed by atoms with Crippen molar-refractivity contribution in [3.8, 4) is 17.3 Å². The van der Waals surface area contributed by atoms with Gasteiger partial charge in [-0.1, -0.05) is 0 Å². The van der Waals surface area contributed by atoms with E-state index in [0.29, 0.717) is 23.4 Å². The fourth-order valence-corrected chi connectivity index (χ4v) is 3.30. The highest BCUT2D eigenvalue weighted by Gasteiger charge is 2.33. The third kappa shape index (κ3) is 5.92. The number of fused-ring (bicyclic) bond motifs is 1. The van der Waals surface area contributed by atoms with Gasteiger partial charge in [0.2, 0.25) is 5.91 Å². The second-order valence-corrected chi connectivity index (χ2v) is 7.40. The standard InChI is InChI=1S/C13H12F3N3.C9H5F3N2O/c14-13(15,16)12-7-9(4-5-17-12)11-8-10-3-1-2-6-19(10)18-11;10-9(11,12)7-2-5(4-13)1-6(3-7)8(14)15/h4-5,7-8H,1-3,6H2;1-3H,(H2,14,15). The molecular weight excluding hydrogens is 464 g/mol. The molecule has 0 unspecified atom stereocenters. The first-order valence-corrected chi connectivity index (χ1v) is 9.91. The summed E-state index contributed by atoms with van der Waals surface area (Å²) < 4.78 is 76.6. The molecule has 0 fully saturated rings. The Labute approximate surface area is 189 Å². The van der Waals surface area contributed by atoms with Crippen molar-refractivity contribution in [1.29, 1.82) is 5.26 Å². The predicted molar refractivity (Wildman–Crippen MR) is 108 cm³/mol. The number of pyridine rings is 1. The summed E-state index contributed by atoms with van der Waals surface area (Å²) in [6.45, 7) is 0.840. The molecule has 34 heavy (non-hydrogen) atoms. The molecule has 0 radical (unpaired) electrons. The lowest BCUT2D eigenvalue weighted by molar-refractivity contribution is -0.141. The summed E-state index contributed by atoms with van der Waals surface area (Å²) in [5.41, 5.74) is 4.45. The van der Waals surface area contributed by atoms with Gasteiger partial charge >= 0.3 is 12.4 Å². The molecule has 3 aromatic rings. The van der Waals surface area contributed by atoms with Gasteiger partial charge < -0.3 is 5.73 Å². The van der Waals surface area contributed by atoms with Crippen LogP contribution in [0.15, 0.2) is 42.6 Å². The van der Waals surface area contributed by atoms with Crippen LogP contribution in [0.2, 0.25) is 0 Å². The fourth-order valence-electron chi connectivity index (χ4n) is 3.30. The molecule has 1 aromatic carbocycles. The van der Waals surface area contributed by atoms with Crippen LogP contribution in [0.1, 0.15) is 45.7 Å². The second-order valence-electron chi connectivity index (χ2n) is 7.40. The number of primary amides is 1. The molecule has 1 amide bonds. The van der Waals surface area contributed by atoms with Crippen molar-refractivity contribution in [3.05, 3.63) is 70.7 Å². The number of carbonyl (C=O) groups is 1. The van der Waals surface area contributed by atoms with Crippen molar-refractivity contribution >= 4 is 5.91 Å². The van der Waals surface area contributed by atoms with E-state index >= 15 is 0 Å². The summed E-state index contributed by atoms with van der Waals surface area (Å²) >= 11 is 0. The molecule has 1 aliphatic heterocycles. The molecule has 4 rings (SSSR count). The SMILES string of the molecule is FC(F)(F)c1cc(-c2cc3n(n2)CCCC3)ccn1.N#Cc1cc(C(N)=O)cc(C(F)(F)F)c1. The third-order valence-corrected chi connectivity index (χ3v) is 4.94. The number of amides is 1. The quantitative estimate of drug-likeness (QED) is 0.523. The largest absolute Gasteiger partial charge is 0.433 e. The van der Waals surface area contributed by atoms with Gasteiger partial charge in [0.1, 0.15) is 5.69 Å². The number of halogens is 6. The molecule has 0 saturated carbocycles. The first-order chi connectivity index (χ1) is 15.9. The molecule has 12 heteroatoms. The Morgan fingerprint density at radius 3 is 2.35 bits per heavy atom. The third-order valence-electron chi connectivity index (χ3n) is 4.94. The van der Waals surface area contributed by atoms with Crippen LogP contribution >= 0.6 is 0 Å². The molecule has 2 aromatic heterocycles. The summed E-state index contributed by atoms with van der Waals surface area (Å²) in [6.07, 6.45) is -4.74. The number of rotatable bonds is 2. The van der Waals surface area contributed by atoms with Gasteiger partial charge in [-0.05, 0) is 55.7 Å². The van der Waals surface area contributed by atoms with Gasteiger partial charge in [-0.3, -0.25) is 14.5 Å². The van der Waals surface area contributed by atoms with Gasteiger partial charge in [-0.25, -0.2) is 0 Å². The minimum absolute atomic E-state index is 0.251. The zero-order valence-corrected chi connectivity index (χ0v) is 17.4. The lowest BCUT2D eigenvalue weighted by Gasteiger charge is -2.11. The smallest absolute Gasteiger partial charge is 0.366 e. The summed E-state index contributed by atoms with van der Waals surface area (Å²) in [7, 11) is 0. The highest BCUT2D eigenvalue weighted by atomic mass is 19.4. The molecule has 0 spiro atoms. The Hall–Kier alpha value is -3.88. The van der Waals surface area contributed by atoms with Crippen molar-refractivity contribution in [2.45, 2.75) is 38.2 Å². The maximum Gasteiger partial charge on any atom is 0.433 e. The van der Waals surface area contributed by atoms with Crippen LogP contribution in [0, 0.1) is 11.3 Å². The molecule has 0 saturated heterocycles. The molecule has 0 atom stereocenters. The average molecular weight is 481 g/mol. The molecule has 3 heterocycles. The number of aryl methyl sites for hydroxylation is 2. The Morgan fingerprint density at radius 1 is 1.03 bits per heavy atom. The Kier molecular flexibility index (Phi) is 6.95. The van der Waals surface area contributed by atoms with E-state index in [0.717, 1.165) is 43.6 Å². The number of nitriles is 1. The number of aromatic nitrogens is 3. The highest BCUT2D eigenvalue weighted by Crippen LogP contribution is 2.31.